The number of carbonyl (C=O) groups is 1. The van der Waals surface area contributed by atoms with Gasteiger partial charge in [-0.1, -0.05) is 30.3 Å². The van der Waals surface area contributed by atoms with Crippen LogP contribution in [0.3, 0.4) is 0 Å². The standard InChI is InChI=1S/C24H30N2O5S2/c27-24(17-21-12-15-32(28,29)18-21)25-22-6-8-23(9-7-22)33(30,31)26-13-10-20(11-14-26)16-19-4-2-1-3-5-19/h1-9,20-21H,10-18H2,(H,25,27)/t21-/m0/s1. The van der Waals surface area contributed by atoms with Gasteiger partial charge in [-0.05, 0) is 67.3 Å². The topological polar surface area (TPSA) is 101 Å². The normalized spacial score (nSPS) is 21.6. The van der Waals surface area contributed by atoms with Gasteiger partial charge in [0, 0.05) is 25.2 Å². The molecule has 1 atom stereocenters. The van der Waals surface area contributed by atoms with Crippen LogP contribution in [0.15, 0.2) is 59.5 Å². The summed E-state index contributed by atoms with van der Waals surface area (Å²) in [6, 6.07) is 16.5. The first kappa shape index (κ1) is 23.9. The molecule has 2 fully saturated rings. The highest BCUT2D eigenvalue weighted by Crippen LogP contribution is 2.27. The van der Waals surface area contributed by atoms with Gasteiger partial charge >= 0.3 is 0 Å². The largest absolute Gasteiger partial charge is 0.326 e. The zero-order valence-electron chi connectivity index (χ0n) is 18.5. The molecule has 2 saturated heterocycles. The van der Waals surface area contributed by atoms with E-state index < -0.39 is 19.9 Å². The molecule has 178 valence electrons. The molecule has 33 heavy (non-hydrogen) atoms. The van der Waals surface area contributed by atoms with E-state index in [0.29, 0.717) is 31.1 Å². The molecule has 4 rings (SSSR count). The number of hydrogen-bond acceptors (Lipinski definition) is 5. The highest BCUT2D eigenvalue weighted by atomic mass is 32.2. The lowest BCUT2D eigenvalue weighted by Crippen LogP contribution is -2.38. The Morgan fingerprint density at radius 2 is 1.61 bits per heavy atom. The maximum absolute atomic E-state index is 13.1. The summed E-state index contributed by atoms with van der Waals surface area (Å²) in [5, 5.41) is 2.74. The molecule has 0 radical (unpaired) electrons. The number of nitrogens with one attached hydrogen (secondary N) is 1. The fraction of sp³-hybridized carbons (Fsp3) is 0.458. The molecule has 1 amide bonds. The van der Waals surface area contributed by atoms with Gasteiger partial charge in [-0.3, -0.25) is 4.79 Å². The third kappa shape index (κ3) is 6.22. The van der Waals surface area contributed by atoms with Crippen molar-refractivity contribution in [2.24, 2.45) is 11.8 Å². The first-order valence-corrected chi connectivity index (χ1v) is 14.6. The highest BCUT2D eigenvalue weighted by Gasteiger charge is 2.30. The predicted molar refractivity (Wildman–Crippen MR) is 128 cm³/mol. The molecule has 1 N–H and O–H groups in total. The third-order valence-corrected chi connectivity index (χ3v) is 10.3. The number of piperidine rings is 1. The molecular weight excluding hydrogens is 460 g/mol. The van der Waals surface area contributed by atoms with Crippen molar-refractivity contribution in [3.8, 4) is 0 Å². The van der Waals surface area contributed by atoms with E-state index in [1.807, 2.05) is 18.2 Å². The second-order valence-corrected chi connectivity index (χ2v) is 13.2. The molecule has 7 nitrogen and oxygen atoms in total. The minimum absolute atomic E-state index is 0.0552. The monoisotopic (exact) mass is 490 g/mol. The van der Waals surface area contributed by atoms with Crippen molar-refractivity contribution in [1.29, 1.82) is 0 Å². The second kappa shape index (κ2) is 9.95. The first-order valence-electron chi connectivity index (χ1n) is 11.4. The number of nitrogens with zero attached hydrogens (tertiary/aromatic N) is 1. The van der Waals surface area contributed by atoms with E-state index in [1.165, 1.54) is 17.7 Å². The van der Waals surface area contributed by atoms with E-state index in [4.69, 9.17) is 0 Å². The quantitative estimate of drug-likeness (QED) is 0.643. The summed E-state index contributed by atoms with van der Waals surface area (Å²) < 4.78 is 50.8. The molecule has 0 aromatic heterocycles. The van der Waals surface area contributed by atoms with E-state index in [9.17, 15) is 21.6 Å². The number of sulfonamides is 1. The van der Waals surface area contributed by atoms with E-state index >= 15 is 0 Å². The Morgan fingerprint density at radius 3 is 2.21 bits per heavy atom. The van der Waals surface area contributed by atoms with Crippen LogP contribution in [0.25, 0.3) is 0 Å². The van der Waals surface area contributed by atoms with E-state index in [0.717, 1.165) is 19.3 Å². The summed E-state index contributed by atoms with van der Waals surface area (Å²) in [6.45, 7) is 1.01. The maximum atomic E-state index is 13.1. The van der Waals surface area contributed by atoms with Crippen LogP contribution in [0.4, 0.5) is 5.69 Å². The Kier molecular flexibility index (Phi) is 7.21. The number of hydrogen-bond donors (Lipinski definition) is 1. The lowest BCUT2D eigenvalue weighted by Gasteiger charge is -2.31. The van der Waals surface area contributed by atoms with Gasteiger partial charge in [0.15, 0.2) is 9.84 Å². The van der Waals surface area contributed by atoms with E-state index in [2.05, 4.69) is 17.4 Å². The van der Waals surface area contributed by atoms with Crippen LogP contribution in [0.2, 0.25) is 0 Å². The number of benzene rings is 2. The molecule has 0 aliphatic carbocycles. The van der Waals surface area contributed by atoms with Crippen LogP contribution < -0.4 is 5.32 Å². The number of amides is 1. The highest BCUT2D eigenvalue weighted by molar-refractivity contribution is 7.91. The second-order valence-electron chi connectivity index (χ2n) is 9.08. The Balaban J connectivity index is 1.30. The van der Waals surface area contributed by atoms with E-state index in [-0.39, 0.29) is 34.6 Å². The SMILES string of the molecule is O=C(C[C@@H]1CCS(=O)(=O)C1)Nc1ccc(S(=O)(=O)N2CCC(Cc3ccccc3)CC2)cc1. The molecular formula is C24H30N2O5S2. The fourth-order valence-corrected chi connectivity index (χ4v) is 8.00. The molecule has 9 heteroatoms. The van der Waals surface area contributed by atoms with Crippen molar-refractivity contribution in [3.05, 3.63) is 60.2 Å². The smallest absolute Gasteiger partial charge is 0.243 e. The summed E-state index contributed by atoms with van der Waals surface area (Å²) in [5.74, 6) is 0.264. The molecule has 0 bridgehead atoms. The van der Waals surface area contributed by atoms with Gasteiger partial charge in [0.2, 0.25) is 15.9 Å². The van der Waals surface area contributed by atoms with Crippen LogP contribution in [0.5, 0.6) is 0 Å². The summed E-state index contributed by atoms with van der Waals surface area (Å²) in [5.41, 5.74) is 1.78. The first-order chi connectivity index (χ1) is 15.7. The van der Waals surface area contributed by atoms with Crippen LogP contribution in [-0.4, -0.2) is 51.6 Å². The van der Waals surface area contributed by atoms with Gasteiger partial charge in [-0.15, -0.1) is 0 Å². The van der Waals surface area contributed by atoms with Crippen molar-refractivity contribution >= 4 is 31.5 Å². The maximum Gasteiger partial charge on any atom is 0.243 e. The zero-order valence-corrected chi connectivity index (χ0v) is 20.2. The number of sulfone groups is 1. The van der Waals surface area contributed by atoms with Gasteiger partial charge in [-0.2, -0.15) is 4.31 Å². The minimum Gasteiger partial charge on any atom is -0.326 e. The number of rotatable bonds is 7. The van der Waals surface area contributed by atoms with Crippen LogP contribution in [0, 0.1) is 11.8 Å². The van der Waals surface area contributed by atoms with Gasteiger partial charge in [0.1, 0.15) is 0 Å². The lowest BCUT2D eigenvalue weighted by atomic mass is 9.91. The van der Waals surface area contributed by atoms with Crippen molar-refractivity contribution in [2.45, 2.75) is 37.0 Å². The minimum atomic E-state index is -3.58. The molecule has 2 aromatic rings. The molecule has 2 aliphatic rings. The fourth-order valence-electron chi connectivity index (χ4n) is 4.67. The lowest BCUT2D eigenvalue weighted by molar-refractivity contribution is -0.116. The molecule has 0 spiro atoms. The predicted octanol–water partition coefficient (Wildman–Crippen LogP) is 3.09. The van der Waals surface area contributed by atoms with Gasteiger partial charge in [-0.25, -0.2) is 16.8 Å². The molecule has 2 heterocycles. The van der Waals surface area contributed by atoms with E-state index in [1.54, 1.807) is 16.4 Å². The Bertz CT molecular complexity index is 1170. The summed E-state index contributed by atoms with van der Waals surface area (Å²) in [4.78, 5) is 12.4. The zero-order chi connectivity index (χ0) is 23.5. The molecule has 2 aliphatic heterocycles. The Hall–Kier alpha value is -2.23. The van der Waals surface area contributed by atoms with Gasteiger partial charge in [0.25, 0.3) is 0 Å². The molecule has 0 saturated carbocycles. The van der Waals surface area contributed by atoms with Crippen LogP contribution in [0.1, 0.15) is 31.2 Å². The Morgan fingerprint density at radius 1 is 0.939 bits per heavy atom. The Labute approximate surface area is 196 Å². The average molecular weight is 491 g/mol. The van der Waals surface area contributed by atoms with Crippen LogP contribution >= 0.6 is 0 Å². The molecule has 0 unspecified atom stereocenters. The number of anilines is 1. The summed E-state index contributed by atoms with van der Waals surface area (Å²) >= 11 is 0. The van der Waals surface area contributed by atoms with Gasteiger partial charge < -0.3 is 5.32 Å². The van der Waals surface area contributed by atoms with Crippen molar-refractivity contribution in [2.75, 3.05) is 29.9 Å². The molecule has 2 aromatic carbocycles. The van der Waals surface area contributed by atoms with Crippen molar-refractivity contribution < 1.29 is 21.6 Å². The summed E-state index contributed by atoms with van der Waals surface area (Å²) in [6.07, 6.45) is 3.29. The van der Waals surface area contributed by atoms with Gasteiger partial charge in [0.05, 0.1) is 16.4 Å². The third-order valence-electron chi connectivity index (χ3n) is 6.52. The average Bonchev–Trinajstić information content (AvgIpc) is 3.13. The van der Waals surface area contributed by atoms with Crippen molar-refractivity contribution in [3.63, 3.8) is 0 Å². The van der Waals surface area contributed by atoms with Crippen LogP contribution in [-0.2, 0) is 31.1 Å². The summed E-state index contributed by atoms with van der Waals surface area (Å²) in [7, 11) is -6.60. The van der Waals surface area contributed by atoms with Crippen molar-refractivity contribution in [1.82, 2.24) is 4.31 Å². The number of carbonyl (C=O) groups excluding carboxylic acids is 1.